The van der Waals surface area contributed by atoms with Crippen molar-refractivity contribution in [1.29, 1.82) is 0 Å². The zero-order valence-electron chi connectivity index (χ0n) is 7.53. The summed E-state index contributed by atoms with van der Waals surface area (Å²) in [6, 6.07) is 9.87. The smallest absolute Gasteiger partial charge is 0.307 e. The van der Waals surface area contributed by atoms with Gasteiger partial charge in [0.15, 0.2) is 0 Å². The summed E-state index contributed by atoms with van der Waals surface area (Å²) in [6.07, 6.45) is 0.770. The fourth-order valence-corrected chi connectivity index (χ4v) is 1.86. The molecule has 0 aromatic heterocycles. The standard InChI is InChI=1S/C11H12O2/c1-11(7-9(11)10(12)13)8-5-3-2-4-6-8/h2-6,9H,7H2,1H3,(H,12,13)/t9?,11-/m1/s1. The van der Waals surface area contributed by atoms with Gasteiger partial charge in [0.1, 0.15) is 0 Å². The normalized spacial score (nSPS) is 31.3. The highest BCUT2D eigenvalue weighted by atomic mass is 16.4. The van der Waals surface area contributed by atoms with Crippen molar-refractivity contribution in [2.75, 3.05) is 0 Å². The van der Waals surface area contributed by atoms with E-state index >= 15 is 0 Å². The Morgan fingerprint density at radius 1 is 1.46 bits per heavy atom. The number of carboxylic acids is 1. The van der Waals surface area contributed by atoms with Gasteiger partial charge in [0.2, 0.25) is 0 Å². The van der Waals surface area contributed by atoms with E-state index in [1.165, 1.54) is 0 Å². The first kappa shape index (κ1) is 8.30. The molecule has 2 rings (SSSR count). The van der Waals surface area contributed by atoms with Crippen molar-refractivity contribution in [3.05, 3.63) is 35.9 Å². The highest BCUT2D eigenvalue weighted by Crippen LogP contribution is 2.53. The summed E-state index contributed by atoms with van der Waals surface area (Å²) in [5.41, 5.74) is 1.02. The summed E-state index contributed by atoms with van der Waals surface area (Å²) in [7, 11) is 0. The van der Waals surface area contributed by atoms with Crippen LogP contribution in [0.15, 0.2) is 30.3 Å². The van der Waals surface area contributed by atoms with Crippen LogP contribution in [-0.2, 0) is 10.2 Å². The maximum Gasteiger partial charge on any atom is 0.307 e. The zero-order valence-corrected chi connectivity index (χ0v) is 7.53. The van der Waals surface area contributed by atoms with E-state index in [4.69, 9.17) is 5.11 Å². The molecule has 1 unspecified atom stereocenters. The quantitative estimate of drug-likeness (QED) is 0.748. The topological polar surface area (TPSA) is 37.3 Å². The molecule has 2 atom stereocenters. The Morgan fingerprint density at radius 2 is 2.08 bits per heavy atom. The molecule has 0 spiro atoms. The molecule has 1 saturated carbocycles. The minimum Gasteiger partial charge on any atom is -0.481 e. The Kier molecular flexibility index (Phi) is 1.65. The molecule has 1 aromatic rings. The summed E-state index contributed by atoms with van der Waals surface area (Å²) in [6.45, 7) is 2.02. The average Bonchev–Trinajstić information content (AvgIpc) is 2.82. The Hall–Kier alpha value is -1.31. The predicted octanol–water partition coefficient (Wildman–Crippen LogP) is 2.05. The van der Waals surface area contributed by atoms with Crippen LogP contribution in [0.1, 0.15) is 18.9 Å². The van der Waals surface area contributed by atoms with Gasteiger partial charge in [0.05, 0.1) is 5.92 Å². The number of hydrogen-bond donors (Lipinski definition) is 1. The van der Waals surface area contributed by atoms with E-state index in [-0.39, 0.29) is 11.3 Å². The maximum absolute atomic E-state index is 10.8. The number of hydrogen-bond acceptors (Lipinski definition) is 1. The Bertz CT molecular complexity index is 331. The van der Waals surface area contributed by atoms with Gasteiger partial charge in [-0.15, -0.1) is 0 Å². The number of benzene rings is 1. The van der Waals surface area contributed by atoms with Crippen LogP contribution in [0.2, 0.25) is 0 Å². The SMILES string of the molecule is C[C@]1(c2ccccc2)CC1C(=O)O. The summed E-state index contributed by atoms with van der Waals surface area (Å²) in [4.78, 5) is 10.8. The largest absolute Gasteiger partial charge is 0.481 e. The third-order valence-corrected chi connectivity index (χ3v) is 2.97. The zero-order chi connectivity index (χ0) is 9.47. The fraction of sp³-hybridized carbons (Fsp3) is 0.364. The molecule has 0 saturated heterocycles. The van der Waals surface area contributed by atoms with E-state index in [9.17, 15) is 4.79 Å². The van der Waals surface area contributed by atoms with E-state index in [1.807, 2.05) is 37.3 Å². The molecule has 0 amide bonds. The van der Waals surface area contributed by atoms with Gasteiger partial charge in [-0.2, -0.15) is 0 Å². The Morgan fingerprint density at radius 3 is 2.54 bits per heavy atom. The Labute approximate surface area is 77.2 Å². The highest BCUT2D eigenvalue weighted by molar-refractivity contribution is 5.77. The molecule has 0 radical (unpaired) electrons. The van der Waals surface area contributed by atoms with Crippen molar-refractivity contribution >= 4 is 5.97 Å². The summed E-state index contributed by atoms with van der Waals surface area (Å²) in [5.74, 6) is -0.860. The lowest BCUT2D eigenvalue weighted by atomic mass is 9.96. The van der Waals surface area contributed by atoms with Crippen LogP contribution in [0, 0.1) is 5.92 Å². The summed E-state index contributed by atoms with van der Waals surface area (Å²) in [5, 5.41) is 8.85. The molecule has 1 aliphatic carbocycles. The van der Waals surface area contributed by atoms with Gasteiger partial charge in [0.25, 0.3) is 0 Å². The monoisotopic (exact) mass is 176 g/mol. The van der Waals surface area contributed by atoms with Gasteiger partial charge < -0.3 is 5.11 Å². The second-order valence-corrected chi connectivity index (χ2v) is 3.88. The van der Waals surface area contributed by atoms with Crippen LogP contribution in [0.3, 0.4) is 0 Å². The van der Waals surface area contributed by atoms with E-state index in [1.54, 1.807) is 0 Å². The highest BCUT2D eigenvalue weighted by Gasteiger charge is 2.55. The third kappa shape index (κ3) is 1.22. The first-order chi connectivity index (χ1) is 6.14. The van der Waals surface area contributed by atoms with Crippen molar-refractivity contribution in [2.24, 2.45) is 5.92 Å². The molecule has 2 heteroatoms. The van der Waals surface area contributed by atoms with Crippen LogP contribution in [0.5, 0.6) is 0 Å². The maximum atomic E-state index is 10.8. The summed E-state index contributed by atoms with van der Waals surface area (Å²) >= 11 is 0. The minimum absolute atomic E-state index is 0.118. The first-order valence-corrected chi connectivity index (χ1v) is 4.43. The van der Waals surface area contributed by atoms with Gasteiger partial charge in [-0.3, -0.25) is 4.79 Å². The van der Waals surface area contributed by atoms with Crippen molar-refractivity contribution in [3.8, 4) is 0 Å². The van der Waals surface area contributed by atoms with Crippen molar-refractivity contribution < 1.29 is 9.90 Å². The molecule has 0 heterocycles. The van der Waals surface area contributed by atoms with Crippen LogP contribution >= 0.6 is 0 Å². The molecule has 0 bridgehead atoms. The van der Waals surface area contributed by atoms with Crippen molar-refractivity contribution in [2.45, 2.75) is 18.8 Å². The number of rotatable bonds is 2. The molecule has 0 aliphatic heterocycles. The van der Waals surface area contributed by atoms with E-state index in [2.05, 4.69) is 0 Å². The van der Waals surface area contributed by atoms with Crippen LogP contribution in [-0.4, -0.2) is 11.1 Å². The fourth-order valence-electron chi connectivity index (χ4n) is 1.86. The van der Waals surface area contributed by atoms with Crippen LogP contribution in [0.4, 0.5) is 0 Å². The molecule has 68 valence electrons. The van der Waals surface area contributed by atoms with Crippen LogP contribution < -0.4 is 0 Å². The molecule has 13 heavy (non-hydrogen) atoms. The lowest BCUT2D eigenvalue weighted by Gasteiger charge is -2.08. The van der Waals surface area contributed by atoms with Gasteiger partial charge in [-0.25, -0.2) is 0 Å². The molecule has 1 aromatic carbocycles. The van der Waals surface area contributed by atoms with Crippen LogP contribution in [0.25, 0.3) is 0 Å². The number of carboxylic acid groups (broad SMARTS) is 1. The predicted molar refractivity (Wildman–Crippen MR) is 49.5 cm³/mol. The van der Waals surface area contributed by atoms with Crippen molar-refractivity contribution in [1.82, 2.24) is 0 Å². The van der Waals surface area contributed by atoms with E-state index in [0.29, 0.717) is 0 Å². The van der Waals surface area contributed by atoms with E-state index < -0.39 is 5.97 Å². The van der Waals surface area contributed by atoms with Gasteiger partial charge in [-0.05, 0) is 12.0 Å². The average molecular weight is 176 g/mol. The first-order valence-electron chi connectivity index (χ1n) is 4.43. The minimum atomic E-state index is -0.675. The van der Waals surface area contributed by atoms with Gasteiger partial charge in [-0.1, -0.05) is 37.3 Å². The van der Waals surface area contributed by atoms with Gasteiger partial charge >= 0.3 is 5.97 Å². The molecule has 1 N–H and O–H groups in total. The molecular formula is C11H12O2. The van der Waals surface area contributed by atoms with E-state index in [0.717, 1.165) is 12.0 Å². The number of carbonyl (C=O) groups is 1. The second-order valence-electron chi connectivity index (χ2n) is 3.88. The Balaban J connectivity index is 2.25. The number of aliphatic carboxylic acids is 1. The molecular weight excluding hydrogens is 164 g/mol. The lowest BCUT2D eigenvalue weighted by molar-refractivity contribution is -0.138. The third-order valence-electron chi connectivity index (χ3n) is 2.97. The second kappa shape index (κ2) is 2.59. The molecule has 1 fully saturated rings. The summed E-state index contributed by atoms with van der Waals surface area (Å²) < 4.78 is 0. The van der Waals surface area contributed by atoms with Gasteiger partial charge in [0, 0.05) is 5.41 Å². The molecule has 1 aliphatic rings. The van der Waals surface area contributed by atoms with Crippen molar-refractivity contribution in [3.63, 3.8) is 0 Å². The lowest BCUT2D eigenvalue weighted by Crippen LogP contribution is -2.10. The molecule has 2 nitrogen and oxygen atoms in total.